The molecule has 0 fully saturated rings. The lowest BCUT2D eigenvalue weighted by molar-refractivity contribution is 0.0691. The predicted octanol–water partition coefficient (Wildman–Crippen LogP) is 2.13. The number of nitrogens with zero attached hydrogens (tertiary/aromatic N) is 1. The molecule has 0 saturated heterocycles. The molecule has 0 aliphatic carbocycles. The first-order valence-electron chi connectivity index (χ1n) is 6.08. The highest BCUT2D eigenvalue weighted by Gasteiger charge is 2.28. The Balaban J connectivity index is 2.32. The highest BCUT2D eigenvalue weighted by Crippen LogP contribution is 2.35. The lowest BCUT2D eigenvalue weighted by atomic mass is 10.1. The Bertz CT molecular complexity index is 500. The van der Waals surface area contributed by atoms with Crippen molar-refractivity contribution in [3.05, 3.63) is 23.8 Å². The van der Waals surface area contributed by atoms with E-state index in [1.54, 1.807) is 12.1 Å². The summed E-state index contributed by atoms with van der Waals surface area (Å²) >= 11 is 0. The second-order valence-corrected chi connectivity index (χ2v) is 4.07. The van der Waals surface area contributed by atoms with Gasteiger partial charge in [0.15, 0.2) is 5.75 Å². The Morgan fingerprint density at radius 1 is 1.47 bits per heavy atom. The van der Waals surface area contributed by atoms with Crippen LogP contribution in [0.3, 0.4) is 0 Å². The maximum absolute atomic E-state index is 11.9. The molecule has 102 valence electrons. The van der Waals surface area contributed by atoms with Crippen LogP contribution < -0.4 is 9.64 Å². The van der Waals surface area contributed by atoms with Crippen LogP contribution in [0.4, 0.5) is 10.5 Å². The van der Waals surface area contributed by atoms with Crippen LogP contribution in [0, 0.1) is 0 Å². The third-order valence-corrected chi connectivity index (χ3v) is 2.73. The molecule has 1 aliphatic rings. The number of carboxylic acid groups (broad SMARTS) is 1. The normalized spacial score (nSPS) is 13.4. The van der Waals surface area contributed by atoms with Crippen LogP contribution in [0.2, 0.25) is 0 Å². The van der Waals surface area contributed by atoms with E-state index in [0.29, 0.717) is 18.8 Å². The molecule has 1 aromatic carbocycles. The van der Waals surface area contributed by atoms with Crippen molar-refractivity contribution in [2.45, 2.75) is 13.3 Å². The van der Waals surface area contributed by atoms with Gasteiger partial charge in [0.05, 0.1) is 18.8 Å². The maximum atomic E-state index is 11.9. The van der Waals surface area contributed by atoms with Gasteiger partial charge in [0.2, 0.25) is 0 Å². The van der Waals surface area contributed by atoms with E-state index < -0.39 is 12.1 Å². The van der Waals surface area contributed by atoms with Gasteiger partial charge in [0, 0.05) is 0 Å². The third kappa shape index (κ3) is 2.62. The van der Waals surface area contributed by atoms with E-state index in [4.69, 9.17) is 14.6 Å². The minimum absolute atomic E-state index is 0.0468. The summed E-state index contributed by atoms with van der Waals surface area (Å²) in [5, 5.41) is 9.09. The molecular formula is C13H15NO5. The number of fused-ring (bicyclic) bond motifs is 1. The van der Waals surface area contributed by atoms with Gasteiger partial charge in [-0.1, -0.05) is 13.0 Å². The summed E-state index contributed by atoms with van der Waals surface area (Å²) in [7, 11) is 0. The summed E-state index contributed by atoms with van der Waals surface area (Å²) in [6, 6.07) is 4.67. The second-order valence-electron chi connectivity index (χ2n) is 4.07. The van der Waals surface area contributed by atoms with E-state index in [9.17, 15) is 9.59 Å². The minimum atomic E-state index is -1.08. The number of ether oxygens (including phenoxy) is 2. The maximum Gasteiger partial charge on any atom is 0.414 e. The first kappa shape index (κ1) is 13.2. The number of para-hydroxylation sites is 1. The summed E-state index contributed by atoms with van der Waals surface area (Å²) in [6.45, 7) is 2.84. The Morgan fingerprint density at radius 3 is 2.95 bits per heavy atom. The number of carbonyl (C=O) groups excluding carboxylic acids is 1. The number of anilines is 1. The van der Waals surface area contributed by atoms with Crippen molar-refractivity contribution in [2.24, 2.45) is 0 Å². The number of benzene rings is 1. The fraction of sp³-hybridized carbons (Fsp3) is 0.385. The van der Waals surface area contributed by atoms with Crippen LogP contribution in [0.1, 0.15) is 23.7 Å². The van der Waals surface area contributed by atoms with Crippen LogP contribution in [0.15, 0.2) is 18.2 Å². The van der Waals surface area contributed by atoms with Crippen molar-refractivity contribution in [3.8, 4) is 5.75 Å². The van der Waals surface area contributed by atoms with Gasteiger partial charge in [-0.2, -0.15) is 0 Å². The third-order valence-electron chi connectivity index (χ3n) is 2.73. The van der Waals surface area contributed by atoms with Gasteiger partial charge < -0.3 is 14.6 Å². The summed E-state index contributed by atoms with van der Waals surface area (Å²) < 4.78 is 10.4. The monoisotopic (exact) mass is 265 g/mol. The molecule has 0 atom stereocenters. The van der Waals surface area contributed by atoms with Crippen LogP contribution in [-0.4, -0.2) is 36.9 Å². The number of hydrogen-bond donors (Lipinski definition) is 1. The molecule has 1 aliphatic heterocycles. The highest BCUT2D eigenvalue weighted by atomic mass is 16.6. The lowest BCUT2D eigenvalue weighted by Crippen LogP contribution is -2.38. The van der Waals surface area contributed by atoms with Crippen molar-refractivity contribution in [2.75, 3.05) is 24.7 Å². The Morgan fingerprint density at radius 2 is 2.26 bits per heavy atom. The minimum Gasteiger partial charge on any atom is -0.489 e. The van der Waals surface area contributed by atoms with E-state index in [1.807, 2.05) is 6.92 Å². The van der Waals surface area contributed by atoms with E-state index in [1.165, 1.54) is 11.0 Å². The summed E-state index contributed by atoms with van der Waals surface area (Å²) in [6.07, 6.45) is 0.256. The fourth-order valence-corrected chi connectivity index (χ4v) is 1.87. The van der Waals surface area contributed by atoms with Crippen molar-refractivity contribution >= 4 is 17.7 Å². The van der Waals surface area contributed by atoms with E-state index in [2.05, 4.69) is 0 Å². The highest BCUT2D eigenvalue weighted by molar-refractivity contribution is 5.97. The summed E-state index contributed by atoms with van der Waals surface area (Å²) in [4.78, 5) is 24.4. The smallest absolute Gasteiger partial charge is 0.414 e. The average molecular weight is 265 g/mol. The molecule has 1 aromatic rings. The van der Waals surface area contributed by atoms with E-state index in [-0.39, 0.29) is 17.9 Å². The number of aromatic carboxylic acids is 1. The SMILES string of the molecule is CCCOC(=O)N1CCOc2c(C(=O)O)cccc21. The van der Waals surface area contributed by atoms with Gasteiger partial charge in [-0.3, -0.25) is 4.90 Å². The molecule has 0 spiro atoms. The van der Waals surface area contributed by atoms with Crippen LogP contribution in [0.5, 0.6) is 5.75 Å². The average Bonchev–Trinajstić information content (AvgIpc) is 2.43. The zero-order valence-electron chi connectivity index (χ0n) is 10.6. The van der Waals surface area contributed by atoms with Crippen molar-refractivity contribution < 1.29 is 24.2 Å². The number of amides is 1. The van der Waals surface area contributed by atoms with Crippen molar-refractivity contribution in [3.63, 3.8) is 0 Å². The zero-order valence-corrected chi connectivity index (χ0v) is 10.6. The molecule has 1 N–H and O–H groups in total. The Kier molecular flexibility index (Phi) is 3.89. The molecule has 19 heavy (non-hydrogen) atoms. The van der Waals surface area contributed by atoms with Gasteiger partial charge in [-0.15, -0.1) is 0 Å². The number of rotatable bonds is 3. The number of carboxylic acids is 1. The Hall–Kier alpha value is -2.24. The largest absolute Gasteiger partial charge is 0.489 e. The number of hydrogen-bond acceptors (Lipinski definition) is 4. The first-order valence-corrected chi connectivity index (χ1v) is 6.08. The quantitative estimate of drug-likeness (QED) is 0.906. The summed E-state index contributed by atoms with van der Waals surface area (Å²) in [5.41, 5.74) is 0.484. The van der Waals surface area contributed by atoms with Gasteiger partial charge in [-0.05, 0) is 18.6 Å². The fourth-order valence-electron chi connectivity index (χ4n) is 1.87. The molecule has 1 amide bonds. The molecular weight excluding hydrogens is 250 g/mol. The lowest BCUT2D eigenvalue weighted by Gasteiger charge is -2.29. The molecule has 0 bridgehead atoms. The van der Waals surface area contributed by atoms with Crippen molar-refractivity contribution in [1.29, 1.82) is 0 Å². The molecule has 1 heterocycles. The first-order chi connectivity index (χ1) is 9.15. The predicted molar refractivity (Wildman–Crippen MR) is 67.9 cm³/mol. The Labute approximate surface area is 110 Å². The van der Waals surface area contributed by atoms with Crippen LogP contribution in [0.25, 0.3) is 0 Å². The second kappa shape index (κ2) is 5.60. The van der Waals surface area contributed by atoms with Gasteiger partial charge >= 0.3 is 12.1 Å². The molecule has 0 radical (unpaired) electrons. The van der Waals surface area contributed by atoms with E-state index in [0.717, 1.165) is 6.42 Å². The van der Waals surface area contributed by atoms with Gasteiger partial charge in [-0.25, -0.2) is 9.59 Å². The molecule has 6 nitrogen and oxygen atoms in total. The molecule has 2 rings (SSSR count). The van der Waals surface area contributed by atoms with Crippen LogP contribution in [-0.2, 0) is 4.74 Å². The van der Waals surface area contributed by atoms with E-state index >= 15 is 0 Å². The summed E-state index contributed by atoms with van der Waals surface area (Å²) in [5.74, 6) is -0.865. The zero-order chi connectivity index (χ0) is 13.8. The molecule has 6 heteroatoms. The molecule has 0 aromatic heterocycles. The molecule has 0 unspecified atom stereocenters. The van der Waals surface area contributed by atoms with Crippen molar-refractivity contribution in [1.82, 2.24) is 0 Å². The number of carbonyl (C=O) groups is 2. The topological polar surface area (TPSA) is 76.1 Å². The molecule has 0 saturated carbocycles. The van der Waals surface area contributed by atoms with Crippen LogP contribution >= 0.6 is 0 Å². The standard InChI is InChI=1S/C13H15NO5/c1-2-7-19-13(17)14-6-8-18-11-9(12(15)16)4-3-5-10(11)14/h3-5H,2,6-8H2,1H3,(H,15,16). The van der Waals surface area contributed by atoms with Gasteiger partial charge in [0.25, 0.3) is 0 Å². The van der Waals surface area contributed by atoms with Gasteiger partial charge in [0.1, 0.15) is 12.2 Å².